The topological polar surface area (TPSA) is 67.2 Å². The first-order chi connectivity index (χ1) is 13.3. The molecule has 0 unspecified atom stereocenters. The van der Waals surface area contributed by atoms with E-state index in [0.29, 0.717) is 30.3 Å². The van der Waals surface area contributed by atoms with E-state index in [-0.39, 0.29) is 29.6 Å². The highest BCUT2D eigenvalue weighted by molar-refractivity contribution is 7.99. The van der Waals surface area contributed by atoms with Gasteiger partial charge in [0.15, 0.2) is 5.16 Å². The number of amides is 2. The lowest BCUT2D eigenvalue weighted by atomic mass is 10.2. The van der Waals surface area contributed by atoms with E-state index < -0.39 is 11.7 Å². The second kappa shape index (κ2) is 8.42. The normalized spacial score (nSPS) is 15.1. The number of piperazine rings is 1. The van der Waals surface area contributed by atoms with Crippen LogP contribution in [-0.2, 0) is 22.3 Å². The molecule has 1 aliphatic rings. The summed E-state index contributed by atoms with van der Waals surface area (Å²) in [7, 11) is 0. The van der Waals surface area contributed by atoms with Gasteiger partial charge in [-0.1, -0.05) is 25.1 Å². The van der Waals surface area contributed by atoms with Crippen LogP contribution in [-0.4, -0.2) is 51.7 Å². The zero-order valence-electron chi connectivity index (χ0n) is 15.4. The number of nitrogens with zero attached hydrogens (tertiary/aromatic N) is 3. The molecule has 0 radical (unpaired) electrons. The number of carbonyl (C=O) groups is 2. The van der Waals surface area contributed by atoms with Crippen molar-refractivity contribution in [1.82, 2.24) is 19.8 Å². The molecule has 1 N–H and O–H groups in total. The molecule has 10 heteroatoms. The van der Waals surface area contributed by atoms with Crippen molar-refractivity contribution in [3.63, 3.8) is 0 Å². The third-order valence-corrected chi connectivity index (χ3v) is 5.45. The molecule has 2 amide bonds. The van der Waals surface area contributed by atoms with Gasteiger partial charge in [0.25, 0.3) is 0 Å². The van der Waals surface area contributed by atoms with Crippen molar-refractivity contribution in [2.45, 2.75) is 37.6 Å². The second-order valence-electron chi connectivity index (χ2n) is 6.55. The van der Waals surface area contributed by atoms with Crippen LogP contribution in [0.1, 0.15) is 25.3 Å². The number of unbranched alkanes of at least 4 members (excludes halogenated alkanes) is 1. The molecule has 152 valence electrons. The van der Waals surface area contributed by atoms with E-state index in [1.165, 1.54) is 22.7 Å². The van der Waals surface area contributed by atoms with E-state index in [4.69, 9.17) is 0 Å². The minimum absolute atomic E-state index is 0.0284. The fourth-order valence-corrected chi connectivity index (χ4v) is 3.94. The second-order valence-corrected chi connectivity index (χ2v) is 7.50. The molecule has 1 aromatic carbocycles. The maximum Gasteiger partial charge on any atom is 0.416 e. The maximum absolute atomic E-state index is 13.0. The van der Waals surface area contributed by atoms with Crippen molar-refractivity contribution in [2.75, 3.05) is 25.4 Å². The van der Waals surface area contributed by atoms with Crippen molar-refractivity contribution >= 4 is 34.6 Å². The Labute approximate surface area is 164 Å². The number of aryl methyl sites for hydroxylation is 1. The first kappa shape index (κ1) is 20.5. The van der Waals surface area contributed by atoms with Crippen LogP contribution in [0.4, 0.5) is 13.2 Å². The Bertz CT molecular complexity index is 882. The van der Waals surface area contributed by atoms with Gasteiger partial charge in [0.05, 0.1) is 28.9 Å². The number of hydrogen-bond acceptors (Lipinski definition) is 4. The number of nitrogens with one attached hydrogen (secondary N) is 1. The van der Waals surface area contributed by atoms with E-state index >= 15 is 0 Å². The lowest BCUT2D eigenvalue weighted by Gasteiger charge is -2.26. The summed E-state index contributed by atoms with van der Waals surface area (Å²) in [6.07, 6.45) is -2.66. The predicted octanol–water partition coefficient (Wildman–Crippen LogP) is 2.91. The third-order valence-electron chi connectivity index (χ3n) is 4.49. The van der Waals surface area contributed by atoms with Crippen molar-refractivity contribution in [3.8, 4) is 0 Å². The maximum atomic E-state index is 13.0. The van der Waals surface area contributed by atoms with Crippen LogP contribution in [0.25, 0.3) is 11.0 Å². The highest BCUT2D eigenvalue weighted by Gasteiger charge is 2.31. The summed E-state index contributed by atoms with van der Waals surface area (Å²) in [6.45, 7) is 3.54. The minimum atomic E-state index is -4.43. The molecule has 1 aromatic heterocycles. The molecular weight excluding hydrogens is 393 g/mol. The summed E-state index contributed by atoms with van der Waals surface area (Å²) in [5, 5.41) is 3.17. The largest absolute Gasteiger partial charge is 0.416 e. The highest BCUT2D eigenvalue weighted by Crippen LogP contribution is 2.33. The minimum Gasteiger partial charge on any atom is -0.353 e. The summed E-state index contributed by atoms with van der Waals surface area (Å²) in [4.78, 5) is 29.6. The average molecular weight is 414 g/mol. The van der Waals surface area contributed by atoms with Gasteiger partial charge in [-0.15, -0.1) is 0 Å². The molecule has 3 rings (SSSR count). The third kappa shape index (κ3) is 4.60. The number of halogens is 3. The number of aromatic nitrogens is 2. The lowest BCUT2D eigenvalue weighted by molar-refractivity contribution is -0.137. The monoisotopic (exact) mass is 414 g/mol. The van der Waals surface area contributed by atoms with E-state index in [2.05, 4.69) is 10.3 Å². The van der Waals surface area contributed by atoms with Crippen LogP contribution in [0.3, 0.4) is 0 Å². The Morgan fingerprint density at radius 1 is 1.36 bits per heavy atom. The molecule has 28 heavy (non-hydrogen) atoms. The van der Waals surface area contributed by atoms with Crippen LogP contribution >= 0.6 is 11.8 Å². The molecule has 0 atom stereocenters. The number of thioether (sulfide) groups is 1. The Kier molecular flexibility index (Phi) is 6.17. The number of imidazole rings is 1. The number of fused-ring (bicyclic) bond motifs is 1. The van der Waals surface area contributed by atoms with E-state index in [9.17, 15) is 22.8 Å². The van der Waals surface area contributed by atoms with Crippen LogP contribution in [0, 0.1) is 0 Å². The number of benzene rings is 1. The van der Waals surface area contributed by atoms with Gasteiger partial charge in [-0.05, 0) is 24.6 Å². The molecule has 1 saturated heterocycles. The van der Waals surface area contributed by atoms with Gasteiger partial charge in [-0.25, -0.2) is 4.98 Å². The lowest BCUT2D eigenvalue weighted by Crippen LogP contribution is -2.50. The fraction of sp³-hybridized carbons (Fsp3) is 0.500. The highest BCUT2D eigenvalue weighted by atomic mass is 32.2. The molecule has 0 saturated carbocycles. The van der Waals surface area contributed by atoms with Gasteiger partial charge in [-0.2, -0.15) is 13.2 Å². The SMILES string of the molecule is CCCCn1c(SCC(=O)N2CCNC(=O)C2)nc2cc(C(F)(F)F)ccc21. The number of alkyl halides is 3. The van der Waals surface area contributed by atoms with Crippen molar-refractivity contribution < 1.29 is 22.8 Å². The number of hydrogen-bond donors (Lipinski definition) is 1. The standard InChI is InChI=1S/C18H21F3N4O2S/c1-2-3-7-25-14-5-4-12(18(19,20)21)9-13(14)23-17(25)28-11-16(27)24-8-6-22-15(26)10-24/h4-5,9H,2-3,6-8,10-11H2,1H3,(H,22,26). The van der Waals surface area contributed by atoms with E-state index in [0.717, 1.165) is 25.0 Å². The molecule has 2 aromatic rings. The van der Waals surface area contributed by atoms with Crippen molar-refractivity contribution in [2.24, 2.45) is 0 Å². The predicted molar refractivity (Wildman–Crippen MR) is 100.0 cm³/mol. The fourth-order valence-electron chi connectivity index (χ4n) is 3.00. The molecule has 0 bridgehead atoms. The molecule has 1 fully saturated rings. The van der Waals surface area contributed by atoms with Gasteiger partial charge < -0.3 is 14.8 Å². The van der Waals surface area contributed by atoms with E-state index in [1.807, 2.05) is 11.5 Å². The Morgan fingerprint density at radius 2 is 2.14 bits per heavy atom. The van der Waals surface area contributed by atoms with Crippen LogP contribution in [0.5, 0.6) is 0 Å². The van der Waals surface area contributed by atoms with Gasteiger partial charge in [-0.3, -0.25) is 9.59 Å². The average Bonchev–Trinajstić information content (AvgIpc) is 3.00. The zero-order chi connectivity index (χ0) is 20.3. The van der Waals surface area contributed by atoms with Crippen molar-refractivity contribution in [1.29, 1.82) is 0 Å². The van der Waals surface area contributed by atoms with E-state index in [1.54, 1.807) is 0 Å². The van der Waals surface area contributed by atoms with Gasteiger partial charge >= 0.3 is 6.18 Å². The molecular formula is C18H21F3N4O2S. The van der Waals surface area contributed by atoms with Crippen molar-refractivity contribution in [3.05, 3.63) is 23.8 Å². The van der Waals surface area contributed by atoms with Crippen LogP contribution in [0.2, 0.25) is 0 Å². The molecule has 1 aliphatic heterocycles. The molecule has 0 spiro atoms. The summed E-state index contributed by atoms with van der Waals surface area (Å²) < 4.78 is 40.8. The molecule has 6 nitrogen and oxygen atoms in total. The Morgan fingerprint density at radius 3 is 2.82 bits per heavy atom. The molecule has 0 aliphatic carbocycles. The van der Waals surface area contributed by atoms with Gasteiger partial charge in [0.1, 0.15) is 0 Å². The summed E-state index contributed by atoms with van der Waals surface area (Å²) in [6, 6.07) is 3.53. The van der Waals surface area contributed by atoms with Gasteiger partial charge in [0.2, 0.25) is 11.8 Å². The number of carbonyl (C=O) groups excluding carboxylic acids is 2. The first-order valence-corrected chi connectivity index (χ1v) is 10.0. The summed E-state index contributed by atoms with van der Waals surface area (Å²) in [5.41, 5.74) is 0.138. The molecule has 2 heterocycles. The van der Waals surface area contributed by atoms with Crippen LogP contribution < -0.4 is 5.32 Å². The van der Waals surface area contributed by atoms with Gasteiger partial charge in [0, 0.05) is 19.6 Å². The Balaban J connectivity index is 1.82. The summed E-state index contributed by atoms with van der Waals surface area (Å²) >= 11 is 1.19. The first-order valence-electron chi connectivity index (χ1n) is 9.04. The van der Waals surface area contributed by atoms with Crippen LogP contribution in [0.15, 0.2) is 23.4 Å². The smallest absolute Gasteiger partial charge is 0.353 e. The quantitative estimate of drug-likeness (QED) is 0.739. The summed E-state index contributed by atoms with van der Waals surface area (Å²) in [5.74, 6) is -0.307. The number of rotatable bonds is 6. The Hall–Kier alpha value is -2.23. The zero-order valence-corrected chi connectivity index (χ0v) is 16.2.